The molecule has 0 bridgehead atoms. The number of nitrogens with zero attached hydrogens (tertiary/aromatic N) is 3. The van der Waals surface area contributed by atoms with Crippen LogP contribution >= 0.6 is 0 Å². The summed E-state index contributed by atoms with van der Waals surface area (Å²) in [5.74, 6) is -1.02. The van der Waals surface area contributed by atoms with Gasteiger partial charge in [-0.25, -0.2) is 22.2 Å². The van der Waals surface area contributed by atoms with E-state index in [1.54, 1.807) is 35.9 Å². The van der Waals surface area contributed by atoms with Crippen LogP contribution in [0.1, 0.15) is 11.5 Å². The molecule has 29 heavy (non-hydrogen) atoms. The van der Waals surface area contributed by atoms with Gasteiger partial charge in [-0.3, -0.25) is 0 Å². The lowest BCUT2D eigenvalue weighted by Crippen LogP contribution is -2.32. The van der Waals surface area contributed by atoms with Crippen molar-refractivity contribution in [1.29, 1.82) is 0 Å². The van der Waals surface area contributed by atoms with E-state index < -0.39 is 10.0 Å². The van der Waals surface area contributed by atoms with Crippen LogP contribution in [0.15, 0.2) is 66.1 Å². The van der Waals surface area contributed by atoms with E-state index in [0.29, 0.717) is 11.3 Å². The topological polar surface area (TPSA) is 67.2 Å². The van der Waals surface area contributed by atoms with Crippen LogP contribution in [0, 0.1) is 11.6 Å². The first-order valence-electron chi connectivity index (χ1n) is 9.08. The number of imidazole rings is 1. The van der Waals surface area contributed by atoms with Crippen LogP contribution in [0.4, 0.5) is 14.5 Å². The Balaban J connectivity index is 1.66. The van der Waals surface area contributed by atoms with E-state index in [1.807, 2.05) is 0 Å². The molecule has 0 radical (unpaired) electrons. The largest absolute Gasteiger partial charge is 0.380 e. The van der Waals surface area contributed by atoms with E-state index in [2.05, 4.69) is 10.3 Å². The van der Waals surface area contributed by atoms with Crippen molar-refractivity contribution in [3.05, 3.63) is 78.3 Å². The molecule has 1 N–H and O–H groups in total. The zero-order valence-electron chi connectivity index (χ0n) is 15.7. The molecule has 2 aromatic carbocycles. The Kier molecular flexibility index (Phi) is 5.10. The quantitative estimate of drug-likeness (QED) is 0.692. The number of hydrogen-bond acceptors (Lipinski definition) is 4. The maximum Gasteiger partial charge on any atom is 0.262 e. The fraction of sp³-hybridized carbons (Fsp3) is 0.250. The minimum Gasteiger partial charge on any atom is -0.380 e. The molecule has 2 heterocycles. The second-order valence-electron chi connectivity index (χ2n) is 7.12. The lowest BCUT2D eigenvalue weighted by molar-refractivity contribution is 0.468. The molecule has 1 saturated heterocycles. The number of anilines is 1. The molecular formula is C20H20F2N4O2S. The minimum atomic E-state index is -3.79. The van der Waals surface area contributed by atoms with Gasteiger partial charge in [-0.05, 0) is 42.0 Å². The van der Waals surface area contributed by atoms with Crippen molar-refractivity contribution < 1.29 is 17.2 Å². The molecule has 1 fully saturated rings. The molecular weight excluding hydrogens is 398 g/mol. The average molecular weight is 418 g/mol. The Morgan fingerprint density at radius 3 is 2.48 bits per heavy atom. The molecule has 3 aromatic rings. The van der Waals surface area contributed by atoms with Gasteiger partial charge >= 0.3 is 0 Å². The third-order valence-electron chi connectivity index (χ3n) is 5.04. The van der Waals surface area contributed by atoms with Crippen LogP contribution in [-0.2, 0) is 17.1 Å². The van der Waals surface area contributed by atoms with Crippen molar-refractivity contribution in [2.24, 2.45) is 7.05 Å². The highest BCUT2D eigenvalue weighted by Crippen LogP contribution is 2.33. The molecule has 0 aliphatic carbocycles. The Labute approximate surface area is 167 Å². The molecule has 0 unspecified atom stereocenters. The monoisotopic (exact) mass is 418 g/mol. The Morgan fingerprint density at radius 2 is 1.83 bits per heavy atom. The van der Waals surface area contributed by atoms with Crippen molar-refractivity contribution in [3.63, 3.8) is 0 Å². The Hall–Kier alpha value is -2.78. The fourth-order valence-corrected chi connectivity index (χ4v) is 5.06. The van der Waals surface area contributed by atoms with Gasteiger partial charge in [0.2, 0.25) is 0 Å². The van der Waals surface area contributed by atoms with Crippen molar-refractivity contribution in [2.45, 2.75) is 17.0 Å². The summed E-state index contributed by atoms with van der Waals surface area (Å²) in [7, 11) is -2.09. The molecule has 152 valence electrons. The summed E-state index contributed by atoms with van der Waals surface area (Å²) in [4.78, 5) is 3.97. The molecule has 0 amide bonds. The van der Waals surface area contributed by atoms with Gasteiger partial charge in [0.1, 0.15) is 11.6 Å². The maximum atomic E-state index is 13.8. The Morgan fingerprint density at radius 1 is 1.07 bits per heavy atom. The molecule has 6 nitrogen and oxygen atoms in total. The zero-order chi connectivity index (χ0) is 20.6. The summed E-state index contributed by atoms with van der Waals surface area (Å²) in [6, 6.07) is 11.7. The van der Waals surface area contributed by atoms with E-state index in [-0.39, 0.29) is 41.7 Å². The molecule has 9 heteroatoms. The van der Waals surface area contributed by atoms with Crippen molar-refractivity contribution in [1.82, 2.24) is 13.9 Å². The van der Waals surface area contributed by atoms with Crippen molar-refractivity contribution >= 4 is 15.7 Å². The second-order valence-corrected chi connectivity index (χ2v) is 9.00. The van der Waals surface area contributed by atoms with Gasteiger partial charge in [-0.1, -0.05) is 12.1 Å². The number of halogens is 2. The number of aromatic nitrogens is 2. The van der Waals surface area contributed by atoms with E-state index in [1.165, 1.54) is 41.1 Å². The van der Waals surface area contributed by atoms with Gasteiger partial charge in [-0.15, -0.1) is 0 Å². The third-order valence-corrected chi connectivity index (χ3v) is 6.76. The van der Waals surface area contributed by atoms with Crippen LogP contribution in [0.5, 0.6) is 0 Å². The summed E-state index contributed by atoms with van der Waals surface area (Å²) < 4.78 is 56.0. The predicted molar refractivity (Wildman–Crippen MR) is 105 cm³/mol. The minimum absolute atomic E-state index is 0.0274. The normalized spacial score (nSPS) is 20.1. The summed E-state index contributed by atoms with van der Waals surface area (Å²) in [5, 5.41) is 3.25. The lowest BCUT2D eigenvalue weighted by Gasteiger charge is -2.21. The SMILES string of the molecule is Cn1cnc(S(=O)(=O)N2C[C@H](Nc3ccc(F)cc3)[C@@H](c3cccc(F)c3)C2)c1. The standard InChI is InChI=1S/C20H20F2N4O2S/c1-25-12-20(23-13-25)29(27,28)26-10-18(14-3-2-4-16(22)9-14)19(11-26)24-17-7-5-15(21)6-8-17/h2-9,12-13,18-19,24H,10-11H2,1H3/t18-,19+/m1/s1. The van der Waals surface area contributed by atoms with Gasteiger partial charge in [0.25, 0.3) is 10.0 Å². The lowest BCUT2D eigenvalue weighted by atomic mass is 9.94. The Bertz CT molecular complexity index is 1120. The van der Waals surface area contributed by atoms with Crippen molar-refractivity contribution in [3.8, 4) is 0 Å². The average Bonchev–Trinajstić information content (AvgIpc) is 3.31. The predicted octanol–water partition coefficient (Wildman–Crippen LogP) is 2.97. The van der Waals surface area contributed by atoms with Crippen LogP contribution in [0.25, 0.3) is 0 Å². The first-order chi connectivity index (χ1) is 13.8. The zero-order valence-corrected chi connectivity index (χ0v) is 16.5. The van der Waals surface area contributed by atoms with E-state index in [4.69, 9.17) is 0 Å². The number of benzene rings is 2. The third kappa shape index (κ3) is 4.01. The summed E-state index contributed by atoms with van der Waals surface area (Å²) in [5.41, 5.74) is 1.36. The van der Waals surface area contributed by atoms with Gasteiger partial charge < -0.3 is 9.88 Å². The number of rotatable bonds is 5. The van der Waals surface area contributed by atoms with Crippen molar-refractivity contribution in [2.75, 3.05) is 18.4 Å². The van der Waals surface area contributed by atoms with E-state index in [9.17, 15) is 17.2 Å². The molecule has 1 aliphatic rings. The molecule has 4 rings (SSSR count). The first-order valence-corrected chi connectivity index (χ1v) is 10.5. The van der Waals surface area contributed by atoms with Gasteiger partial charge in [0.15, 0.2) is 5.03 Å². The van der Waals surface area contributed by atoms with Crippen LogP contribution in [-0.4, -0.2) is 41.4 Å². The van der Waals surface area contributed by atoms with Crippen LogP contribution < -0.4 is 5.32 Å². The second kappa shape index (κ2) is 7.57. The molecule has 1 aromatic heterocycles. The highest BCUT2D eigenvalue weighted by molar-refractivity contribution is 7.89. The number of aryl methyl sites for hydroxylation is 1. The maximum absolute atomic E-state index is 13.8. The van der Waals surface area contributed by atoms with E-state index >= 15 is 0 Å². The van der Waals surface area contributed by atoms with Gasteiger partial charge in [0, 0.05) is 44.0 Å². The summed E-state index contributed by atoms with van der Waals surface area (Å²) in [6.07, 6.45) is 2.88. The molecule has 2 atom stereocenters. The number of sulfonamides is 1. The summed E-state index contributed by atoms with van der Waals surface area (Å²) in [6.45, 7) is 0.360. The molecule has 0 saturated carbocycles. The smallest absolute Gasteiger partial charge is 0.262 e. The van der Waals surface area contributed by atoms with Crippen LogP contribution in [0.3, 0.4) is 0 Å². The van der Waals surface area contributed by atoms with Crippen LogP contribution in [0.2, 0.25) is 0 Å². The van der Waals surface area contributed by atoms with E-state index in [0.717, 1.165) is 0 Å². The first kappa shape index (κ1) is 19.5. The highest BCUT2D eigenvalue weighted by atomic mass is 32.2. The molecule has 1 aliphatic heterocycles. The fourth-order valence-electron chi connectivity index (χ4n) is 3.60. The highest BCUT2D eigenvalue weighted by Gasteiger charge is 2.41. The van der Waals surface area contributed by atoms with Gasteiger partial charge in [-0.2, -0.15) is 4.31 Å². The van der Waals surface area contributed by atoms with Gasteiger partial charge in [0.05, 0.1) is 6.33 Å². The summed E-state index contributed by atoms with van der Waals surface area (Å²) >= 11 is 0. The molecule has 0 spiro atoms. The number of nitrogens with one attached hydrogen (secondary N) is 1. The number of hydrogen-bond donors (Lipinski definition) is 1.